The van der Waals surface area contributed by atoms with E-state index in [0.29, 0.717) is 16.9 Å². The van der Waals surface area contributed by atoms with Crippen LogP contribution in [0.15, 0.2) is 35.9 Å². The lowest BCUT2D eigenvalue weighted by Gasteiger charge is -2.20. The van der Waals surface area contributed by atoms with Crippen LogP contribution in [0, 0.1) is 5.92 Å². The summed E-state index contributed by atoms with van der Waals surface area (Å²) in [5, 5.41) is 27.5. The van der Waals surface area contributed by atoms with Crippen molar-refractivity contribution in [1.29, 1.82) is 0 Å². The second kappa shape index (κ2) is 8.41. The van der Waals surface area contributed by atoms with Crippen LogP contribution in [0.5, 0.6) is 5.75 Å². The molecular weight excluding hydrogens is 274 g/mol. The zero-order valence-corrected chi connectivity index (χ0v) is 12.1. The van der Waals surface area contributed by atoms with E-state index in [1.165, 1.54) is 11.6 Å². The van der Waals surface area contributed by atoms with Gasteiger partial charge in [0.1, 0.15) is 12.4 Å². The van der Waals surface area contributed by atoms with Gasteiger partial charge >= 0.3 is 0 Å². The van der Waals surface area contributed by atoms with Crippen LogP contribution < -0.4 is 10.2 Å². The van der Waals surface area contributed by atoms with E-state index in [0.717, 1.165) is 0 Å². The van der Waals surface area contributed by atoms with Gasteiger partial charge in [-0.25, -0.2) is 5.48 Å². The first-order chi connectivity index (χ1) is 9.99. The molecule has 6 nitrogen and oxygen atoms in total. The van der Waals surface area contributed by atoms with Crippen molar-refractivity contribution < 1.29 is 25.0 Å². The first-order valence-electron chi connectivity index (χ1n) is 6.63. The van der Waals surface area contributed by atoms with E-state index in [4.69, 9.17) is 15.1 Å². The second-order valence-electron chi connectivity index (χ2n) is 4.74. The highest BCUT2D eigenvalue weighted by atomic mass is 16.5. The van der Waals surface area contributed by atoms with Crippen LogP contribution in [-0.4, -0.2) is 34.5 Å². The summed E-state index contributed by atoms with van der Waals surface area (Å²) < 4.78 is 5.24. The molecule has 0 spiro atoms. The number of aliphatic hydroxyl groups is 2. The van der Waals surface area contributed by atoms with Gasteiger partial charge in [0.05, 0.1) is 12.7 Å². The first-order valence-corrected chi connectivity index (χ1v) is 6.63. The number of benzene rings is 1. The number of hydrogen-bond donors (Lipinski definition) is 4. The Morgan fingerprint density at radius 1 is 1.38 bits per heavy atom. The molecule has 0 bridgehead atoms. The fourth-order valence-corrected chi connectivity index (χ4v) is 1.83. The van der Waals surface area contributed by atoms with Crippen LogP contribution in [0.1, 0.15) is 25.5 Å². The molecule has 1 aromatic carbocycles. The average molecular weight is 295 g/mol. The number of carbonyl (C=O) groups is 1. The summed E-state index contributed by atoms with van der Waals surface area (Å²) in [6.45, 7) is 3.66. The van der Waals surface area contributed by atoms with Crippen molar-refractivity contribution >= 4 is 5.91 Å². The van der Waals surface area contributed by atoms with Crippen LogP contribution in [0.2, 0.25) is 0 Å². The molecule has 6 heteroatoms. The summed E-state index contributed by atoms with van der Waals surface area (Å²) in [6, 6.07) is 6.88. The summed E-state index contributed by atoms with van der Waals surface area (Å²) >= 11 is 0. The number of aliphatic hydroxyl groups excluding tert-OH is 2. The van der Waals surface area contributed by atoms with Crippen LogP contribution >= 0.6 is 0 Å². The Labute approximate surface area is 123 Å². The smallest absolute Gasteiger partial charge is 0.267 e. The molecule has 21 heavy (non-hydrogen) atoms. The van der Waals surface area contributed by atoms with E-state index in [1.807, 2.05) is 0 Å². The van der Waals surface area contributed by atoms with Crippen molar-refractivity contribution in [3.63, 3.8) is 0 Å². The fourth-order valence-electron chi connectivity index (χ4n) is 1.83. The van der Waals surface area contributed by atoms with E-state index in [1.54, 1.807) is 38.1 Å². The predicted molar refractivity (Wildman–Crippen MR) is 76.8 cm³/mol. The first kappa shape index (κ1) is 17.2. The minimum atomic E-state index is -0.778. The largest absolute Gasteiger partial charge is 0.491 e. The Bertz CT molecular complexity index is 483. The topological polar surface area (TPSA) is 99.0 Å². The van der Waals surface area contributed by atoms with Crippen molar-refractivity contribution in [3.8, 4) is 5.75 Å². The Morgan fingerprint density at radius 2 is 2.00 bits per heavy atom. The second-order valence-corrected chi connectivity index (χ2v) is 4.74. The van der Waals surface area contributed by atoms with E-state index < -0.39 is 12.0 Å². The zero-order chi connectivity index (χ0) is 15.8. The lowest BCUT2D eigenvalue weighted by molar-refractivity contribution is -0.124. The summed E-state index contributed by atoms with van der Waals surface area (Å²) in [6.07, 6.45) is 0.465. The molecule has 0 aliphatic rings. The van der Waals surface area contributed by atoms with Crippen molar-refractivity contribution in [1.82, 2.24) is 5.48 Å². The lowest BCUT2D eigenvalue weighted by atomic mass is 9.91. The van der Waals surface area contributed by atoms with Gasteiger partial charge < -0.3 is 14.9 Å². The third-order valence-electron chi connectivity index (χ3n) is 3.24. The molecule has 0 saturated carbocycles. The molecule has 0 fully saturated rings. The van der Waals surface area contributed by atoms with Crippen molar-refractivity contribution in [2.45, 2.75) is 20.0 Å². The molecule has 0 aliphatic heterocycles. The molecular formula is C15H21NO5. The molecule has 4 N–H and O–H groups in total. The molecule has 0 saturated heterocycles. The van der Waals surface area contributed by atoms with Gasteiger partial charge in [-0.2, -0.15) is 0 Å². The Kier molecular flexibility index (Phi) is 6.87. The highest BCUT2D eigenvalue weighted by Gasteiger charge is 2.18. The zero-order valence-electron chi connectivity index (χ0n) is 12.1. The van der Waals surface area contributed by atoms with Crippen molar-refractivity contribution in [2.24, 2.45) is 5.92 Å². The van der Waals surface area contributed by atoms with Gasteiger partial charge in [-0.05, 0) is 24.6 Å². The van der Waals surface area contributed by atoms with Crippen LogP contribution in [0.4, 0.5) is 0 Å². The van der Waals surface area contributed by atoms with Gasteiger partial charge in [0.15, 0.2) is 0 Å². The quantitative estimate of drug-likeness (QED) is 0.344. The van der Waals surface area contributed by atoms with Crippen LogP contribution in [-0.2, 0) is 4.79 Å². The number of carbonyl (C=O) groups excluding carboxylic acids is 1. The fraction of sp³-hybridized carbons (Fsp3) is 0.400. The molecule has 0 radical (unpaired) electrons. The predicted octanol–water partition coefficient (Wildman–Crippen LogP) is 1.18. The van der Waals surface area contributed by atoms with E-state index in [2.05, 4.69) is 0 Å². The number of ether oxygens (including phenoxy) is 1. The summed E-state index contributed by atoms with van der Waals surface area (Å²) in [4.78, 5) is 11.1. The Morgan fingerprint density at radius 3 is 2.52 bits per heavy atom. The van der Waals surface area contributed by atoms with Gasteiger partial charge in [0, 0.05) is 12.0 Å². The van der Waals surface area contributed by atoms with Crippen LogP contribution in [0.3, 0.4) is 0 Å². The van der Waals surface area contributed by atoms with Gasteiger partial charge in [0.2, 0.25) is 0 Å². The molecule has 1 amide bonds. The minimum absolute atomic E-state index is 0.0572. The normalized spacial score (nSPS) is 14.4. The monoisotopic (exact) mass is 295 g/mol. The highest BCUT2D eigenvalue weighted by Crippen LogP contribution is 2.28. The third-order valence-corrected chi connectivity index (χ3v) is 3.24. The maximum Gasteiger partial charge on any atom is 0.267 e. The Balaban J connectivity index is 2.75. The highest BCUT2D eigenvalue weighted by molar-refractivity contribution is 5.87. The minimum Gasteiger partial charge on any atom is -0.491 e. The molecule has 1 rings (SSSR count). The average Bonchev–Trinajstić information content (AvgIpc) is 2.51. The van der Waals surface area contributed by atoms with Gasteiger partial charge in [-0.15, -0.1) is 0 Å². The molecule has 1 aromatic rings. The maximum atomic E-state index is 11.1. The summed E-state index contributed by atoms with van der Waals surface area (Å²) in [5.74, 6) is -0.301. The summed E-state index contributed by atoms with van der Waals surface area (Å²) in [5.41, 5.74) is 2.86. The number of amides is 1. The third kappa shape index (κ3) is 5.18. The standard InChI is InChI=1S/C15H21NO5/c1-10(9-14(18)16-20)11(2)15(19)12-3-5-13(6-4-12)21-8-7-17/h3-6,9,11,15,17,19-20H,7-8H2,1-2H3,(H,16,18)/b10-9+/t11-,15-/m1/s1. The summed E-state index contributed by atoms with van der Waals surface area (Å²) in [7, 11) is 0. The maximum absolute atomic E-state index is 11.1. The van der Waals surface area contributed by atoms with E-state index in [9.17, 15) is 9.90 Å². The number of hydroxylamine groups is 1. The SMILES string of the molecule is C/C(=C\C(=O)NO)[C@@H](C)[C@@H](O)c1ccc(OCCO)cc1. The Hall–Kier alpha value is -1.89. The molecule has 116 valence electrons. The number of rotatable bonds is 7. The molecule has 0 unspecified atom stereocenters. The molecule has 0 aromatic heterocycles. The molecule has 0 aliphatic carbocycles. The van der Waals surface area contributed by atoms with Gasteiger partial charge in [0.25, 0.3) is 5.91 Å². The van der Waals surface area contributed by atoms with Crippen molar-refractivity contribution in [2.75, 3.05) is 13.2 Å². The molecule has 2 atom stereocenters. The van der Waals surface area contributed by atoms with Gasteiger partial charge in [-0.3, -0.25) is 10.0 Å². The van der Waals surface area contributed by atoms with E-state index in [-0.39, 0.29) is 19.1 Å². The number of nitrogens with one attached hydrogen (secondary N) is 1. The van der Waals surface area contributed by atoms with Gasteiger partial charge in [-0.1, -0.05) is 24.6 Å². The van der Waals surface area contributed by atoms with Crippen LogP contribution in [0.25, 0.3) is 0 Å². The lowest BCUT2D eigenvalue weighted by Crippen LogP contribution is -2.18. The number of hydrogen-bond acceptors (Lipinski definition) is 5. The molecule has 0 heterocycles. The van der Waals surface area contributed by atoms with E-state index >= 15 is 0 Å². The van der Waals surface area contributed by atoms with Crippen molar-refractivity contribution in [3.05, 3.63) is 41.5 Å².